The average molecular weight is 400 g/mol. The van der Waals surface area contributed by atoms with Gasteiger partial charge >= 0.3 is 5.97 Å². The van der Waals surface area contributed by atoms with Gasteiger partial charge in [0.25, 0.3) is 5.91 Å². The average Bonchev–Trinajstić information content (AvgIpc) is 2.60. The van der Waals surface area contributed by atoms with Crippen LogP contribution in [0.3, 0.4) is 0 Å². The van der Waals surface area contributed by atoms with E-state index in [-0.39, 0.29) is 10.6 Å². The number of carbonyl (C=O) groups is 2. The Morgan fingerprint density at radius 3 is 2.38 bits per heavy atom. The van der Waals surface area contributed by atoms with Crippen LogP contribution in [0.4, 0.5) is 10.1 Å². The lowest BCUT2D eigenvalue weighted by molar-refractivity contribution is -0.146. The molecule has 1 N–H and O–H groups in total. The number of hydrogen-bond donors (Lipinski definition) is 1. The third kappa shape index (κ3) is 5.82. The topological polar surface area (TPSA) is 89.5 Å². The van der Waals surface area contributed by atoms with Crippen molar-refractivity contribution in [3.8, 4) is 0 Å². The van der Waals surface area contributed by atoms with Crippen molar-refractivity contribution in [2.75, 3.05) is 17.7 Å². The van der Waals surface area contributed by atoms with Crippen molar-refractivity contribution < 1.29 is 27.1 Å². The van der Waals surface area contributed by atoms with Gasteiger partial charge in [-0.25, -0.2) is 12.8 Å². The molecule has 2 aromatic rings. The second-order valence-electron chi connectivity index (χ2n) is 5.21. The predicted octanol–water partition coefficient (Wildman–Crippen LogP) is 2.82. The molecule has 0 aliphatic rings. The van der Waals surface area contributed by atoms with Gasteiger partial charge in [0, 0.05) is 5.02 Å². The summed E-state index contributed by atoms with van der Waals surface area (Å²) in [6, 6.07) is 11.1. The molecule has 0 atom stereocenters. The molecule has 0 radical (unpaired) electrons. The summed E-state index contributed by atoms with van der Waals surface area (Å²) in [6.45, 7) is -0.645. The van der Waals surface area contributed by atoms with Gasteiger partial charge in [0.1, 0.15) is 5.82 Å². The summed E-state index contributed by atoms with van der Waals surface area (Å²) in [5.41, 5.74) is -0.0427. The Kier molecular flexibility index (Phi) is 6.70. The van der Waals surface area contributed by atoms with Crippen LogP contribution in [0.25, 0.3) is 0 Å². The van der Waals surface area contributed by atoms with Gasteiger partial charge in [-0.1, -0.05) is 23.7 Å². The molecule has 0 bridgehead atoms. The molecule has 0 aliphatic heterocycles. The van der Waals surface area contributed by atoms with Gasteiger partial charge in [0.05, 0.1) is 22.8 Å². The number of nitrogens with one attached hydrogen (secondary N) is 1. The van der Waals surface area contributed by atoms with Crippen LogP contribution in [0.2, 0.25) is 5.02 Å². The van der Waals surface area contributed by atoms with Crippen molar-refractivity contribution in [1.82, 2.24) is 0 Å². The van der Waals surface area contributed by atoms with Gasteiger partial charge in [-0.2, -0.15) is 0 Å². The van der Waals surface area contributed by atoms with E-state index < -0.39 is 46.3 Å². The number of hydrogen-bond acceptors (Lipinski definition) is 5. The van der Waals surface area contributed by atoms with E-state index in [0.717, 1.165) is 0 Å². The molecule has 2 rings (SSSR count). The van der Waals surface area contributed by atoms with E-state index in [2.05, 4.69) is 5.32 Å². The van der Waals surface area contributed by atoms with Crippen molar-refractivity contribution in [3.63, 3.8) is 0 Å². The molecule has 1 amide bonds. The van der Waals surface area contributed by atoms with E-state index in [1.54, 1.807) is 0 Å². The van der Waals surface area contributed by atoms with Crippen LogP contribution in [0.15, 0.2) is 53.4 Å². The van der Waals surface area contributed by atoms with Gasteiger partial charge in [-0.3, -0.25) is 9.59 Å². The van der Waals surface area contributed by atoms with Crippen LogP contribution >= 0.6 is 11.6 Å². The molecule has 0 unspecified atom stereocenters. The molecular formula is C17H15ClFNO5S. The second kappa shape index (κ2) is 8.77. The molecule has 0 aromatic heterocycles. The highest BCUT2D eigenvalue weighted by molar-refractivity contribution is 7.91. The molecule has 0 spiro atoms. The lowest BCUT2D eigenvalue weighted by Crippen LogP contribution is -2.22. The lowest BCUT2D eigenvalue weighted by Gasteiger charge is -2.08. The zero-order valence-corrected chi connectivity index (χ0v) is 15.0. The molecule has 0 saturated heterocycles. The first kappa shape index (κ1) is 19.9. The number of halogens is 2. The molecule has 0 heterocycles. The minimum Gasteiger partial charge on any atom is -0.456 e. The normalized spacial score (nSPS) is 11.0. The number of anilines is 1. The van der Waals surface area contributed by atoms with E-state index in [1.165, 1.54) is 48.5 Å². The van der Waals surface area contributed by atoms with Crippen molar-refractivity contribution in [3.05, 3.63) is 59.4 Å². The summed E-state index contributed by atoms with van der Waals surface area (Å²) < 4.78 is 42.3. The van der Waals surface area contributed by atoms with Gasteiger partial charge < -0.3 is 10.1 Å². The minimum atomic E-state index is -3.67. The van der Waals surface area contributed by atoms with Crippen molar-refractivity contribution in [2.24, 2.45) is 0 Å². The molecule has 138 valence electrons. The summed E-state index contributed by atoms with van der Waals surface area (Å²) in [7, 11) is -3.67. The number of carbonyl (C=O) groups excluding carboxylic acids is 2. The fourth-order valence-corrected chi connectivity index (χ4v) is 3.29. The number of ether oxygens (including phenoxy) is 1. The highest BCUT2D eigenvalue weighted by Gasteiger charge is 2.18. The molecule has 9 heteroatoms. The van der Waals surface area contributed by atoms with Crippen LogP contribution < -0.4 is 5.32 Å². The smallest absolute Gasteiger partial charge is 0.307 e. The van der Waals surface area contributed by atoms with Gasteiger partial charge in [0.15, 0.2) is 16.4 Å². The summed E-state index contributed by atoms with van der Waals surface area (Å²) in [6.07, 6.45) is -0.419. The zero-order chi connectivity index (χ0) is 19.2. The molecule has 0 saturated carbocycles. The number of rotatable bonds is 7. The Morgan fingerprint density at radius 1 is 1.08 bits per heavy atom. The van der Waals surface area contributed by atoms with Crippen LogP contribution in [0.5, 0.6) is 0 Å². The third-order valence-corrected chi connectivity index (χ3v) is 5.24. The van der Waals surface area contributed by atoms with Gasteiger partial charge in [0.2, 0.25) is 0 Å². The van der Waals surface area contributed by atoms with E-state index in [4.69, 9.17) is 16.3 Å². The Morgan fingerprint density at radius 2 is 1.73 bits per heavy atom. The van der Waals surface area contributed by atoms with E-state index in [1.807, 2.05) is 0 Å². The first-order valence-electron chi connectivity index (χ1n) is 7.46. The fourth-order valence-electron chi connectivity index (χ4n) is 1.94. The Bertz CT molecular complexity index is 900. The van der Waals surface area contributed by atoms with E-state index in [9.17, 15) is 22.4 Å². The maximum absolute atomic E-state index is 13.4. The fraction of sp³-hybridized carbons (Fsp3) is 0.176. The van der Waals surface area contributed by atoms with Crippen LogP contribution in [0.1, 0.15) is 6.42 Å². The zero-order valence-electron chi connectivity index (χ0n) is 13.4. The van der Waals surface area contributed by atoms with Crippen molar-refractivity contribution in [1.29, 1.82) is 0 Å². The Balaban J connectivity index is 1.80. The number of para-hydroxylation sites is 1. The maximum Gasteiger partial charge on any atom is 0.307 e. The third-order valence-electron chi connectivity index (χ3n) is 3.26. The lowest BCUT2D eigenvalue weighted by atomic mass is 10.3. The van der Waals surface area contributed by atoms with E-state index in [0.29, 0.717) is 5.02 Å². The predicted molar refractivity (Wildman–Crippen MR) is 94.1 cm³/mol. The monoisotopic (exact) mass is 399 g/mol. The van der Waals surface area contributed by atoms with Crippen LogP contribution in [-0.4, -0.2) is 32.7 Å². The Hall–Kier alpha value is -2.45. The van der Waals surface area contributed by atoms with Crippen LogP contribution in [0, 0.1) is 5.82 Å². The van der Waals surface area contributed by atoms with Crippen molar-refractivity contribution in [2.45, 2.75) is 11.3 Å². The standard InChI is InChI=1S/C17H15ClFNO5S/c18-12-5-7-13(8-6-12)26(23,24)10-9-17(22)25-11-16(21)20-15-4-2-1-3-14(15)19/h1-8H,9-11H2,(H,20,21). The number of benzene rings is 2. The quantitative estimate of drug-likeness (QED) is 0.723. The molecule has 26 heavy (non-hydrogen) atoms. The summed E-state index contributed by atoms with van der Waals surface area (Å²) in [5.74, 6) is -2.68. The highest BCUT2D eigenvalue weighted by Crippen LogP contribution is 2.16. The second-order valence-corrected chi connectivity index (χ2v) is 7.76. The molecule has 6 nitrogen and oxygen atoms in total. The molecule has 0 aliphatic carbocycles. The first-order valence-corrected chi connectivity index (χ1v) is 9.49. The van der Waals surface area contributed by atoms with Crippen molar-refractivity contribution >= 4 is 39.0 Å². The SMILES string of the molecule is O=C(COC(=O)CCS(=O)(=O)c1ccc(Cl)cc1)Nc1ccccc1F. The van der Waals surface area contributed by atoms with Gasteiger partial charge in [-0.05, 0) is 36.4 Å². The summed E-state index contributed by atoms with van der Waals surface area (Å²) >= 11 is 5.70. The van der Waals surface area contributed by atoms with Gasteiger partial charge in [-0.15, -0.1) is 0 Å². The number of esters is 1. The minimum absolute atomic E-state index is 0.0343. The van der Waals surface area contributed by atoms with E-state index >= 15 is 0 Å². The number of sulfone groups is 1. The Labute approximate surface area is 154 Å². The summed E-state index contributed by atoms with van der Waals surface area (Å²) in [5, 5.41) is 2.64. The first-order chi connectivity index (χ1) is 12.3. The number of amides is 1. The van der Waals surface area contributed by atoms with Crippen LogP contribution in [-0.2, 0) is 24.2 Å². The highest BCUT2D eigenvalue weighted by atomic mass is 35.5. The largest absolute Gasteiger partial charge is 0.456 e. The molecule has 0 fully saturated rings. The molecule has 2 aromatic carbocycles. The molecular weight excluding hydrogens is 385 g/mol. The maximum atomic E-state index is 13.4. The summed E-state index contributed by atoms with van der Waals surface area (Å²) in [4.78, 5) is 23.3.